The minimum Gasteiger partial charge on any atom is -0.456 e. The topological polar surface area (TPSA) is 49.1 Å². The van der Waals surface area contributed by atoms with Gasteiger partial charge in [0.25, 0.3) is 6.71 Å². The van der Waals surface area contributed by atoms with Gasteiger partial charge in [0.1, 0.15) is 33.5 Å². The van der Waals surface area contributed by atoms with Crippen molar-refractivity contribution in [2.24, 2.45) is 0 Å². The number of furan rings is 3. The molecule has 0 spiro atoms. The van der Waals surface area contributed by atoms with Crippen molar-refractivity contribution in [1.82, 2.24) is 0 Å². The van der Waals surface area contributed by atoms with Crippen molar-refractivity contribution >= 4 is 182 Å². The van der Waals surface area contributed by atoms with Crippen LogP contribution in [-0.2, 0) is 5.41 Å². The molecule has 0 saturated heterocycles. The molecule has 0 radical (unpaired) electrons. The van der Waals surface area contributed by atoms with Gasteiger partial charge in [-0.15, -0.1) is 11.3 Å². The summed E-state index contributed by atoms with van der Waals surface area (Å²) in [4.78, 5) is 7.72. The van der Waals surface area contributed by atoms with Gasteiger partial charge in [-0.05, 0) is 182 Å². The van der Waals surface area contributed by atoms with E-state index in [1.807, 2.05) is 11.3 Å². The predicted molar refractivity (Wildman–Crippen MR) is 427 cm³/mol. The Labute approximate surface area is 587 Å². The number of anilines is 9. The lowest BCUT2D eigenvalue weighted by Gasteiger charge is -2.44. The third kappa shape index (κ3) is 8.84. The third-order valence-electron chi connectivity index (χ3n) is 21.4. The van der Waals surface area contributed by atoms with Crippen LogP contribution in [0.3, 0.4) is 0 Å². The van der Waals surface area contributed by atoms with Crippen LogP contribution in [0.15, 0.2) is 317 Å². The molecule has 0 unspecified atom stereocenters. The summed E-state index contributed by atoms with van der Waals surface area (Å²) in [5.41, 5.74) is 26.5. The van der Waals surface area contributed by atoms with Gasteiger partial charge in [0, 0.05) is 98.0 Å². The van der Waals surface area contributed by atoms with Gasteiger partial charge in [-0.1, -0.05) is 215 Å². The quantitative estimate of drug-likeness (QED) is 0.141. The normalized spacial score (nSPS) is 12.9. The molecular weight excluding hydrogens is 1250 g/mol. The summed E-state index contributed by atoms with van der Waals surface area (Å²) < 4.78 is 22.8. The van der Waals surface area contributed by atoms with Crippen LogP contribution in [0, 0.1) is 6.92 Å². The van der Waals surface area contributed by atoms with E-state index in [-0.39, 0.29) is 12.1 Å². The number of benzene rings is 15. The molecule has 476 valence electrons. The predicted octanol–water partition coefficient (Wildman–Crippen LogP) is 25.1. The zero-order valence-corrected chi connectivity index (χ0v) is 56.7. The van der Waals surface area contributed by atoms with Gasteiger partial charge >= 0.3 is 0 Å². The van der Waals surface area contributed by atoms with E-state index in [0.29, 0.717) is 0 Å². The van der Waals surface area contributed by atoms with Gasteiger partial charge in [-0.3, -0.25) is 0 Å². The number of thiophene rings is 1. The summed E-state index contributed by atoms with van der Waals surface area (Å²) in [6, 6.07) is 112. The van der Waals surface area contributed by atoms with Gasteiger partial charge in [0.2, 0.25) is 0 Å². The molecular formula is C93H62BN3O3S. The van der Waals surface area contributed by atoms with E-state index in [2.05, 4.69) is 346 Å². The first-order chi connectivity index (χ1) is 49.6. The van der Waals surface area contributed by atoms with Crippen molar-refractivity contribution in [3.63, 3.8) is 0 Å². The van der Waals surface area contributed by atoms with Crippen LogP contribution in [0.1, 0.15) is 31.9 Å². The summed E-state index contributed by atoms with van der Waals surface area (Å²) in [5, 5.41) is 12.4. The minimum atomic E-state index is -0.180. The standard InChI is InChI=1S/C93H62BN3O3S/c1-55-46-80-89-81(47-55)97(78-45-38-60(67-28-18-30-71-68-25-11-16-33-83(68)100-91(67)71)50-74(78)70-29-19-35-85-88(70)72-27-13-17-34-84(72)98-85)90-73-43-39-62(93(2,3)4)53-87(73)101-92(90)94(89)76-44-42-65(54-79(76)96(80)64-41-37-59-52-86-75(51-61(59)49-64)69-26-12-15-32-82(69)99-86)95(63-40-36-56-20-8-9-23-58(56)48-63)77-31-14-10-24-66(77)57-21-6-5-7-22-57/h5-54H,1-4H3. The highest BCUT2D eigenvalue weighted by Gasteiger charge is 2.46. The molecule has 6 heterocycles. The number of rotatable bonds is 8. The highest BCUT2D eigenvalue weighted by molar-refractivity contribution is 7.33. The maximum atomic E-state index is 6.87. The SMILES string of the molecule is Cc1cc2c3c(c1)N(c1ccc(-c4cccc5c4oc4ccccc45)cc1-c1cccc4oc5ccccc5c14)c1c(sc4cc(C(C)(C)C)ccc14)B3c1ccc(N(c3ccc4ccccc4c3)c3ccccc3-c3ccccc3)cc1N2c1ccc2cc3oc4ccccc4c3cc2c1. The fraction of sp³-hybridized carbons (Fsp3) is 0.0538. The number of para-hydroxylation sites is 5. The first kappa shape index (κ1) is 57.7. The Morgan fingerprint density at radius 2 is 1.02 bits per heavy atom. The molecule has 0 bridgehead atoms. The third-order valence-corrected chi connectivity index (χ3v) is 22.6. The van der Waals surface area contributed by atoms with Crippen molar-refractivity contribution in [1.29, 1.82) is 0 Å². The highest BCUT2D eigenvalue weighted by Crippen LogP contribution is 2.54. The van der Waals surface area contributed by atoms with Crippen LogP contribution in [0.5, 0.6) is 0 Å². The van der Waals surface area contributed by atoms with Crippen LogP contribution < -0.4 is 30.4 Å². The van der Waals surface area contributed by atoms with Crippen molar-refractivity contribution in [3.8, 4) is 33.4 Å². The lowest BCUT2D eigenvalue weighted by Crippen LogP contribution is -2.60. The summed E-state index contributed by atoms with van der Waals surface area (Å²) in [5.74, 6) is 0. The van der Waals surface area contributed by atoms with Crippen LogP contribution in [0.25, 0.3) is 131 Å². The molecule has 0 amide bonds. The number of fused-ring (bicyclic) bond motifs is 17. The number of nitrogens with zero attached hydrogens (tertiary/aromatic N) is 3. The number of aryl methyl sites for hydroxylation is 1. The van der Waals surface area contributed by atoms with E-state index in [4.69, 9.17) is 13.3 Å². The Hall–Kier alpha value is -12.4. The first-order valence-electron chi connectivity index (χ1n) is 34.8. The van der Waals surface area contributed by atoms with E-state index < -0.39 is 0 Å². The number of hydrogen-bond donors (Lipinski definition) is 0. The largest absolute Gasteiger partial charge is 0.456 e. The van der Waals surface area contributed by atoms with Crippen LogP contribution in [0.4, 0.5) is 51.2 Å². The van der Waals surface area contributed by atoms with E-state index >= 15 is 0 Å². The Kier molecular flexibility index (Phi) is 12.5. The van der Waals surface area contributed by atoms with E-state index in [9.17, 15) is 0 Å². The molecule has 0 N–H and O–H groups in total. The van der Waals surface area contributed by atoms with Crippen molar-refractivity contribution in [2.75, 3.05) is 14.7 Å². The van der Waals surface area contributed by atoms with Gasteiger partial charge in [0.05, 0.1) is 17.1 Å². The van der Waals surface area contributed by atoms with E-state index in [0.717, 1.165) is 161 Å². The summed E-state index contributed by atoms with van der Waals surface area (Å²) in [7, 11) is 0. The van der Waals surface area contributed by atoms with Gasteiger partial charge < -0.3 is 28.0 Å². The van der Waals surface area contributed by atoms with Crippen LogP contribution in [-0.4, -0.2) is 6.71 Å². The summed E-state index contributed by atoms with van der Waals surface area (Å²) >= 11 is 1.95. The Morgan fingerprint density at radius 3 is 1.86 bits per heavy atom. The summed E-state index contributed by atoms with van der Waals surface area (Å²) in [6.07, 6.45) is 0. The van der Waals surface area contributed by atoms with Crippen molar-refractivity contribution in [3.05, 3.63) is 314 Å². The van der Waals surface area contributed by atoms with Crippen molar-refractivity contribution < 1.29 is 13.3 Å². The average molecular weight is 1310 g/mol. The van der Waals surface area contributed by atoms with E-state index in [1.165, 1.54) is 47.8 Å². The Balaban J connectivity index is 0.859. The zero-order chi connectivity index (χ0) is 66.9. The molecule has 2 aliphatic heterocycles. The molecule has 0 fully saturated rings. The molecule has 0 saturated carbocycles. The molecule has 19 aromatic rings. The van der Waals surface area contributed by atoms with Crippen molar-refractivity contribution in [2.45, 2.75) is 33.1 Å². The number of hydrogen-bond acceptors (Lipinski definition) is 7. The first-order valence-corrected chi connectivity index (χ1v) is 35.6. The second-order valence-corrected chi connectivity index (χ2v) is 29.4. The molecule has 101 heavy (non-hydrogen) atoms. The fourth-order valence-corrected chi connectivity index (χ4v) is 18.0. The molecule has 0 aliphatic carbocycles. The fourth-order valence-electron chi connectivity index (χ4n) is 16.7. The van der Waals surface area contributed by atoms with Crippen LogP contribution >= 0.6 is 11.3 Å². The van der Waals surface area contributed by atoms with E-state index in [1.54, 1.807) is 0 Å². The maximum absolute atomic E-state index is 6.87. The summed E-state index contributed by atoms with van der Waals surface area (Å²) in [6.45, 7) is 9.09. The molecule has 21 rings (SSSR count). The molecule has 2 aliphatic rings. The molecule has 4 aromatic heterocycles. The second-order valence-electron chi connectivity index (χ2n) is 28.4. The van der Waals surface area contributed by atoms with Crippen LogP contribution in [0.2, 0.25) is 0 Å². The monoisotopic (exact) mass is 1310 g/mol. The Morgan fingerprint density at radius 1 is 0.376 bits per heavy atom. The minimum absolute atomic E-state index is 0.0932. The molecule has 8 heteroatoms. The smallest absolute Gasteiger partial charge is 0.264 e. The second kappa shape index (κ2) is 21.8. The molecule has 6 nitrogen and oxygen atoms in total. The van der Waals surface area contributed by atoms with Gasteiger partial charge in [0.15, 0.2) is 0 Å². The Bertz CT molecular complexity index is 6710. The average Bonchev–Trinajstić information content (AvgIpc) is 1.68. The lowest BCUT2D eigenvalue weighted by molar-refractivity contribution is 0.591. The zero-order valence-electron chi connectivity index (χ0n) is 55.9. The molecule has 0 atom stereocenters. The van der Waals surface area contributed by atoms with Gasteiger partial charge in [-0.25, -0.2) is 0 Å². The van der Waals surface area contributed by atoms with Gasteiger partial charge in [-0.2, -0.15) is 0 Å². The lowest BCUT2D eigenvalue weighted by atomic mass is 9.36. The maximum Gasteiger partial charge on any atom is 0.264 e. The molecule has 15 aromatic carbocycles. The highest BCUT2D eigenvalue weighted by atomic mass is 32.1.